The van der Waals surface area contributed by atoms with Gasteiger partial charge in [0.05, 0.1) is 10.3 Å². The summed E-state index contributed by atoms with van der Waals surface area (Å²) in [5, 5.41) is 0.262. The topological polar surface area (TPSA) is 0 Å². The van der Waals surface area contributed by atoms with Gasteiger partial charge in [-0.05, 0) is 31.6 Å². The van der Waals surface area contributed by atoms with Crippen molar-refractivity contribution in [2.45, 2.75) is 35.9 Å². The van der Waals surface area contributed by atoms with Crippen molar-refractivity contribution >= 4 is 23.2 Å². The Morgan fingerprint density at radius 3 is 2.44 bits per heavy atom. The van der Waals surface area contributed by atoms with Crippen molar-refractivity contribution < 1.29 is 0 Å². The number of halogens is 2. The lowest BCUT2D eigenvalue weighted by atomic mass is 10.00. The van der Waals surface area contributed by atoms with Gasteiger partial charge in [0.25, 0.3) is 0 Å². The van der Waals surface area contributed by atoms with Gasteiger partial charge in [-0.2, -0.15) is 0 Å². The zero-order valence-corrected chi connectivity index (χ0v) is 6.75. The van der Waals surface area contributed by atoms with E-state index in [-0.39, 0.29) is 10.3 Å². The zero-order valence-electron chi connectivity index (χ0n) is 5.24. The molecule has 0 aromatic heterocycles. The molecule has 2 fully saturated rings. The van der Waals surface area contributed by atoms with Gasteiger partial charge in [-0.15, -0.1) is 23.2 Å². The zero-order chi connectivity index (χ0) is 6.48. The molecule has 2 rings (SSSR count). The summed E-state index contributed by atoms with van der Waals surface area (Å²) in [5.41, 5.74) is 0. The summed E-state index contributed by atoms with van der Waals surface area (Å²) < 4.78 is 0. The van der Waals surface area contributed by atoms with Gasteiger partial charge in [-0.25, -0.2) is 0 Å². The maximum Gasteiger partial charge on any atom is 0.0612 e. The highest BCUT2D eigenvalue weighted by molar-refractivity contribution is 6.33. The number of alkyl halides is 2. The first-order valence-corrected chi connectivity index (χ1v) is 4.35. The van der Waals surface area contributed by atoms with Gasteiger partial charge in [0, 0.05) is 0 Å². The highest BCUT2D eigenvalue weighted by Crippen LogP contribution is 2.53. The molecule has 0 radical (unpaired) electrons. The second-order valence-electron chi connectivity index (χ2n) is 3.35. The van der Waals surface area contributed by atoms with Gasteiger partial charge in [-0.1, -0.05) is 0 Å². The third-order valence-corrected chi connectivity index (χ3v) is 4.01. The van der Waals surface area contributed by atoms with Crippen molar-refractivity contribution in [2.75, 3.05) is 0 Å². The maximum atomic E-state index is 6.22. The Hall–Kier alpha value is 0.580. The van der Waals surface area contributed by atoms with Crippen LogP contribution in [0.15, 0.2) is 0 Å². The molecule has 2 bridgehead atoms. The molecule has 0 aromatic rings. The Morgan fingerprint density at radius 2 is 2.22 bits per heavy atom. The van der Waals surface area contributed by atoms with E-state index in [0.29, 0.717) is 0 Å². The van der Waals surface area contributed by atoms with Crippen LogP contribution in [0.2, 0.25) is 0 Å². The van der Waals surface area contributed by atoms with Gasteiger partial charge in [-0.3, -0.25) is 0 Å². The lowest BCUT2D eigenvalue weighted by Crippen LogP contribution is -2.25. The van der Waals surface area contributed by atoms with E-state index in [1.54, 1.807) is 0 Å². The third kappa shape index (κ3) is 0.798. The van der Waals surface area contributed by atoms with Gasteiger partial charge in [0.2, 0.25) is 0 Å². The summed E-state index contributed by atoms with van der Waals surface area (Å²) >= 11 is 12.2. The van der Waals surface area contributed by atoms with Crippen molar-refractivity contribution in [2.24, 2.45) is 5.92 Å². The first kappa shape index (κ1) is 6.30. The number of hydrogen-bond acceptors (Lipinski definition) is 0. The van der Waals surface area contributed by atoms with Gasteiger partial charge < -0.3 is 0 Å². The molecule has 2 aliphatic rings. The van der Waals surface area contributed by atoms with E-state index in [2.05, 4.69) is 0 Å². The van der Waals surface area contributed by atoms with Crippen LogP contribution in [0.4, 0.5) is 0 Å². The highest BCUT2D eigenvalue weighted by atomic mass is 35.5. The molecule has 0 spiro atoms. The molecule has 2 aliphatic carbocycles. The maximum absolute atomic E-state index is 6.22. The van der Waals surface area contributed by atoms with Crippen LogP contribution < -0.4 is 0 Å². The van der Waals surface area contributed by atoms with E-state index >= 15 is 0 Å². The Morgan fingerprint density at radius 1 is 1.44 bits per heavy atom. The Labute approximate surface area is 65.5 Å². The van der Waals surface area contributed by atoms with Crippen LogP contribution in [0.5, 0.6) is 0 Å². The van der Waals surface area contributed by atoms with Crippen molar-refractivity contribution in [1.29, 1.82) is 0 Å². The highest BCUT2D eigenvalue weighted by Gasteiger charge is 2.49. The van der Waals surface area contributed by atoms with E-state index in [4.69, 9.17) is 23.2 Å². The molecule has 0 amide bonds. The van der Waals surface area contributed by atoms with E-state index in [1.165, 1.54) is 12.8 Å². The predicted octanol–water partition coefficient (Wildman–Crippen LogP) is 2.78. The van der Waals surface area contributed by atoms with Crippen LogP contribution >= 0.6 is 23.2 Å². The molecule has 3 atom stereocenters. The van der Waals surface area contributed by atoms with Gasteiger partial charge in [0.15, 0.2) is 0 Å². The fourth-order valence-electron chi connectivity index (χ4n) is 2.12. The molecule has 9 heavy (non-hydrogen) atoms. The summed E-state index contributed by atoms with van der Waals surface area (Å²) in [6.45, 7) is 0. The van der Waals surface area contributed by atoms with Crippen LogP contribution in [0.1, 0.15) is 25.7 Å². The van der Waals surface area contributed by atoms with Crippen molar-refractivity contribution in [1.82, 2.24) is 0 Å². The fraction of sp³-hybridized carbons (Fsp3) is 1.00. The minimum Gasteiger partial charge on any atom is -0.121 e. The lowest BCUT2D eigenvalue weighted by Gasteiger charge is -2.23. The number of hydrogen-bond donors (Lipinski definition) is 0. The van der Waals surface area contributed by atoms with Crippen LogP contribution in [-0.2, 0) is 0 Å². The standard InChI is InChI=1S/C7H10Cl2/c8-6-3-5-1-2-7(6,9)4-5/h5-6H,1-4H2/t5-,6+,7+/m0/s1. The Bertz CT molecular complexity index is 135. The minimum atomic E-state index is 0.00617. The molecule has 2 heteroatoms. The van der Waals surface area contributed by atoms with Crippen LogP contribution in [0, 0.1) is 5.92 Å². The molecule has 0 unspecified atom stereocenters. The van der Waals surface area contributed by atoms with Crippen molar-refractivity contribution in [3.05, 3.63) is 0 Å². The molecule has 0 N–H and O–H groups in total. The predicted molar refractivity (Wildman–Crippen MR) is 40.2 cm³/mol. The van der Waals surface area contributed by atoms with E-state index in [0.717, 1.165) is 18.8 Å². The minimum absolute atomic E-state index is 0.00617. The smallest absolute Gasteiger partial charge is 0.0612 e. The fourth-order valence-corrected chi connectivity index (χ4v) is 2.98. The molecular weight excluding hydrogens is 155 g/mol. The van der Waals surface area contributed by atoms with Gasteiger partial charge >= 0.3 is 0 Å². The van der Waals surface area contributed by atoms with Crippen molar-refractivity contribution in [3.8, 4) is 0 Å². The summed E-state index contributed by atoms with van der Waals surface area (Å²) in [6.07, 6.45) is 4.79. The SMILES string of the molecule is Cl[C@@H]1C[C@@H]2CC[C@@]1(Cl)C2. The molecule has 52 valence electrons. The van der Waals surface area contributed by atoms with E-state index in [1.807, 2.05) is 0 Å². The lowest BCUT2D eigenvalue weighted by molar-refractivity contribution is 0.502. The largest absolute Gasteiger partial charge is 0.121 e. The van der Waals surface area contributed by atoms with Crippen LogP contribution in [0.25, 0.3) is 0 Å². The average molecular weight is 165 g/mol. The second-order valence-corrected chi connectivity index (χ2v) is 4.63. The molecule has 0 aliphatic heterocycles. The number of fused-ring (bicyclic) bond motifs is 2. The first-order chi connectivity index (χ1) is 4.21. The quantitative estimate of drug-likeness (QED) is 0.484. The third-order valence-electron chi connectivity index (χ3n) is 2.70. The molecule has 0 aromatic carbocycles. The molecule has 0 heterocycles. The summed E-state index contributed by atoms with van der Waals surface area (Å²) in [5.74, 6) is 0.852. The van der Waals surface area contributed by atoms with Crippen LogP contribution in [-0.4, -0.2) is 10.3 Å². The molecule has 2 saturated carbocycles. The van der Waals surface area contributed by atoms with Crippen LogP contribution in [0.3, 0.4) is 0 Å². The summed E-state index contributed by atoms with van der Waals surface area (Å²) in [7, 11) is 0. The van der Waals surface area contributed by atoms with E-state index in [9.17, 15) is 0 Å². The average Bonchev–Trinajstić information content (AvgIpc) is 2.22. The Kier molecular flexibility index (Phi) is 1.26. The first-order valence-electron chi connectivity index (χ1n) is 3.54. The summed E-state index contributed by atoms with van der Waals surface area (Å²) in [6, 6.07) is 0. The summed E-state index contributed by atoms with van der Waals surface area (Å²) in [4.78, 5) is 0.00617. The molecular formula is C7H10Cl2. The normalized spacial score (nSPS) is 56.7. The molecule has 0 nitrogen and oxygen atoms in total. The van der Waals surface area contributed by atoms with E-state index < -0.39 is 0 Å². The Balaban J connectivity index is 2.22. The number of rotatable bonds is 0. The molecule has 0 saturated heterocycles. The van der Waals surface area contributed by atoms with Crippen molar-refractivity contribution in [3.63, 3.8) is 0 Å². The second kappa shape index (κ2) is 1.79. The monoisotopic (exact) mass is 164 g/mol. The van der Waals surface area contributed by atoms with Gasteiger partial charge in [0.1, 0.15) is 0 Å².